The van der Waals surface area contributed by atoms with E-state index in [-0.39, 0.29) is 6.03 Å². The molecule has 0 radical (unpaired) electrons. The number of hydrogen-bond donors (Lipinski definition) is 2. The molecule has 0 fully saturated rings. The second-order valence-corrected chi connectivity index (χ2v) is 5.30. The minimum Gasteiger partial charge on any atom is -0.492 e. The molecule has 132 valence electrons. The van der Waals surface area contributed by atoms with Gasteiger partial charge in [0, 0.05) is 5.69 Å². The van der Waals surface area contributed by atoms with Crippen molar-refractivity contribution in [3.63, 3.8) is 0 Å². The van der Waals surface area contributed by atoms with E-state index in [9.17, 15) is 9.59 Å². The molecule has 0 aliphatic heterocycles. The SMILES string of the molecule is CCc1ccc(OCCNC(=O)Nc2cccc(C(=O)OC)c2)cc1. The summed E-state index contributed by atoms with van der Waals surface area (Å²) in [5.41, 5.74) is 2.13. The first-order valence-electron chi connectivity index (χ1n) is 8.07. The van der Waals surface area contributed by atoms with Crippen molar-refractivity contribution < 1.29 is 19.1 Å². The lowest BCUT2D eigenvalue weighted by Gasteiger charge is -2.10. The van der Waals surface area contributed by atoms with Gasteiger partial charge in [0.25, 0.3) is 0 Å². The minimum atomic E-state index is -0.452. The second-order valence-electron chi connectivity index (χ2n) is 5.30. The normalized spacial score (nSPS) is 10.0. The zero-order valence-electron chi connectivity index (χ0n) is 14.4. The van der Waals surface area contributed by atoms with Crippen LogP contribution >= 0.6 is 0 Å². The van der Waals surface area contributed by atoms with Crippen LogP contribution in [0.25, 0.3) is 0 Å². The molecule has 6 heteroatoms. The maximum atomic E-state index is 11.9. The van der Waals surface area contributed by atoms with Crippen LogP contribution in [0, 0.1) is 0 Å². The molecule has 0 aliphatic rings. The standard InChI is InChI=1S/C19H22N2O4/c1-3-14-7-9-17(10-8-14)25-12-11-20-19(23)21-16-6-4-5-15(13-16)18(22)24-2/h4-10,13H,3,11-12H2,1-2H3,(H2,20,21,23). The van der Waals surface area contributed by atoms with Gasteiger partial charge in [-0.3, -0.25) is 0 Å². The highest BCUT2D eigenvalue weighted by atomic mass is 16.5. The maximum Gasteiger partial charge on any atom is 0.337 e. The van der Waals surface area contributed by atoms with Crippen molar-refractivity contribution in [1.82, 2.24) is 5.32 Å². The Labute approximate surface area is 147 Å². The first kappa shape index (κ1) is 18.3. The number of benzene rings is 2. The molecule has 0 atom stereocenters. The van der Waals surface area contributed by atoms with Crippen molar-refractivity contribution >= 4 is 17.7 Å². The molecular formula is C19H22N2O4. The predicted octanol–water partition coefficient (Wildman–Crippen LogP) is 3.24. The molecule has 2 amide bonds. The Morgan fingerprint density at radius 2 is 1.84 bits per heavy atom. The van der Waals surface area contributed by atoms with E-state index in [0.29, 0.717) is 24.4 Å². The third kappa shape index (κ3) is 5.84. The fourth-order valence-corrected chi connectivity index (χ4v) is 2.17. The predicted molar refractivity (Wildman–Crippen MR) is 96.1 cm³/mol. The summed E-state index contributed by atoms with van der Waals surface area (Å²) in [6.07, 6.45) is 0.985. The smallest absolute Gasteiger partial charge is 0.337 e. The Balaban J connectivity index is 1.74. The van der Waals surface area contributed by atoms with E-state index in [1.54, 1.807) is 24.3 Å². The molecule has 0 saturated heterocycles. The molecule has 0 spiro atoms. The largest absolute Gasteiger partial charge is 0.492 e. The molecule has 2 aromatic rings. The number of ether oxygens (including phenoxy) is 2. The van der Waals surface area contributed by atoms with Gasteiger partial charge < -0.3 is 20.1 Å². The minimum absolute atomic E-state index is 0.359. The van der Waals surface area contributed by atoms with Crippen molar-refractivity contribution in [2.24, 2.45) is 0 Å². The number of carbonyl (C=O) groups excluding carboxylic acids is 2. The van der Waals surface area contributed by atoms with Gasteiger partial charge in [-0.05, 0) is 42.3 Å². The van der Waals surface area contributed by atoms with E-state index in [4.69, 9.17) is 4.74 Å². The van der Waals surface area contributed by atoms with Crippen LogP contribution in [-0.2, 0) is 11.2 Å². The van der Waals surface area contributed by atoms with E-state index >= 15 is 0 Å². The molecule has 0 bridgehead atoms. The number of anilines is 1. The highest BCUT2D eigenvalue weighted by molar-refractivity contribution is 5.93. The van der Waals surface area contributed by atoms with Gasteiger partial charge in [-0.15, -0.1) is 0 Å². The molecular weight excluding hydrogens is 320 g/mol. The number of rotatable bonds is 7. The lowest BCUT2D eigenvalue weighted by atomic mass is 10.2. The molecule has 6 nitrogen and oxygen atoms in total. The van der Waals surface area contributed by atoms with Crippen molar-refractivity contribution in [3.05, 3.63) is 59.7 Å². The van der Waals surface area contributed by atoms with Gasteiger partial charge in [0.05, 0.1) is 19.2 Å². The monoisotopic (exact) mass is 342 g/mol. The molecule has 2 rings (SSSR count). The number of urea groups is 1. The highest BCUT2D eigenvalue weighted by Crippen LogP contribution is 2.12. The zero-order chi connectivity index (χ0) is 18.1. The number of esters is 1. The fraction of sp³-hybridized carbons (Fsp3) is 0.263. The Hall–Kier alpha value is -3.02. The van der Waals surface area contributed by atoms with Gasteiger partial charge in [0.2, 0.25) is 0 Å². The average Bonchev–Trinajstić information content (AvgIpc) is 2.65. The number of carbonyl (C=O) groups is 2. The molecule has 0 aliphatic carbocycles. The molecule has 0 heterocycles. The summed E-state index contributed by atoms with van der Waals surface area (Å²) in [7, 11) is 1.31. The summed E-state index contributed by atoms with van der Waals surface area (Å²) in [5.74, 6) is 0.316. The number of aryl methyl sites for hydroxylation is 1. The van der Waals surface area contributed by atoms with Crippen molar-refractivity contribution in [3.8, 4) is 5.75 Å². The van der Waals surface area contributed by atoms with Crippen molar-refractivity contribution in [1.29, 1.82) is 0 Å². The van der Waals surface area contributed by atoms with Gasteiger partial charge in [-0.1, -0.05) is 25.1 Å². The topological polar surface area (TPSA) is 76.7 Å². The van der Waals surface area contributed by atoms with E-state index in [2.05, 4.69) is 22.3 Å². The quantitative estimate of drug-likeness (QED) is 0.598. The first-order valence-corrected chi connectivity index (χ1v) is 8.07. The Morgan fingerprint density at radius 1 is 1.08 bits per heavy atom. The summed E-state index contributed by atoms with van der Waals surface area (Å²) in [6, 6.07) is 14.0. The van der Waals surface area contributed by atoms with Crippen LogP contribution in [-0.4, -0.2) is 32.3 Å². The molecule has 0 unspecified atom stereocenters. The number of hydrogen-bond acceptors (Lipinski definition) is 4. The summed E-state index contributed by atoms with van der Waals surface area (Å²) in [5, 5.41) is 5.36. The van der Waals surface area contributed by atoms with E-state index in [0.717, 1.165) is 12.2 Å². The number of amides is 2. The highest BCUT2D eigenvalue weighted by Gasteiger charge is 2.07. The lowest BCUT2D eigenvalue weighted by Crippen LogP contribution is -2.32. The van der Waals surface area contributed by atoms with Gasteiger partial charge >= 0.3 is 12.0 Å². The first-order chi connectivity index (χ1) is 12.1. The Bertz CT molecular complexity index is 714. The van der Waals surface area contributed by atoms with Gasteiger partial charge in [-0.25, -0.2) is 9.59 Å². The molecule has 0 saturated carbocycles. The third-order valence-electron chi connectivity index (χ3n) is 3.53. The van der Waals surface area contributed by atoms with Crippen LogP contribution in [0.5, 0.6) is 5.75 Å². The maximum absolute atomic E-state index is 11.9. The summed E-state index contributed by atoms with van der Waals surface area (Å²) < 4.78 is 10.2. The lowest BCUT2D eigenvalue weighted by molar-refractivity contribution is 0.0600. The van der Waals surface area contributed by atoms with E-state index in [1.165, 1.54) is 12.7 Å². The van der Waals surface area contributed by atoms with Crippen LogP contribution in [0.4, 0.5) is 10.5 Å². The summed E-state index contributed by atoms with van der Waals surface area (Å²) >= 11 is 0. The molecule has 2 N–H and O–H groups in total. The molecule has 25 heavy (non-hydrogen) atoms. The summed E-state index contributed by atoms with van der Waals surface area (Å²) in [4.78, 5) is 23.3. The summed E-state index contributed by atoms with van der Waals surface area (Å²) in [6.45, 7) is 2.82. The van der Waals surface area contributed by atoms with Crippen LogP contribution in [0.15, 0.2) is 48.5 Å². The third-order valence-corrected chi connectivity index (χ3v) is 3.53. The average molecular weight is 342 g/mol. The van der Waals surface area contributed by atoms with Gasteiger partial charge in [0.15, 0.2) is 0 Å². The zero-order valence-corrected chi connectivity index (χ0v) is 14.4. The van der Waals surface area contributed by atoms with Gasteiger partial charge in [-0.2, -0.15) is 0 Å². The van der Waals surface area contributed by atoms with Crippen molar-refractivity contribution in [2.45, 2.75) is 13.3 Å². The van der Waals surface area contributed by atoms with Crippen LogP contribution in [0.3, 0.4) is 0 Å². The van der Waals surface area contributed by atoms with Crippen LogP contribution < -0.4 is 15.4 Å². The Morgan fingerprint density at radius 3 is 2.52 bits per heavy atom. The van der Waals surface area contributed by atoms with Crippen LogP contribution in [0.1, 0.15) is 22.8 Å². The van der Waals surface area contributed by atoms with E-state index in [1.807, 2.05) is 24.3 Å². The van der Waals surface area contributed by atoms with Crippen LogP contribution in [0.2, 0.25) is 0 Å². The number of methoxy groups -OCH3 is 1. The second kappa shape index (κ2) is 9.32. The molecule has 2 aromatic carbocycles. The Kier molecular flexibility index (Phi) is 6.83. The van der Waals surface area contributed by atoms with E-state index < -0.39 is 5.97 Å². The van der Waals surface area contributed by atoms with Crippen molar-refractivity contribution in [2.75, 3.05) is 25.6 Å². The van der Waals surface area contributed by atoms with Gasteiger partial charge in [0.1, 0.15) is 12.4 Å². The number of nitrogens with one attached hydrogen (secondary N) is 2. The molecule has 0 aromatic heterocycles. The fourth-order valence-electron chi connectivity index (χ4n) is 2.17.